The second-order valence-corrected chi connectivity index (χ2v) is 5.34. The Kier molecular flexibility index (Phi) is 3.74. The van der Waals surface area contributed by atoms with Crippen LogP contribution in [0.5, 0.6) is 0 Å². The summed E-state index contributed by atoms with van der Waals surface area (Å²) in [5.41, 5.74) is 6.19. The third-order valence-corrected chi connectivity index (χ3v) is 3.70. The number of benzene rings is 2. The number of aromatic amines is 1. The fraction of sp³-hybridized carbons (Fsp3) is 0.0714. The van der Waals surface area contributed by atoms with Crippen molar-refractivity contribution in [1.29, 1.82) is 0 Å². The molecule has 0 fully saturated rings. The van der Waals surface area contributed by atoms with Crippen LogP contribution in [0.3, 0.4) is 0 Å². The molecular formula is C14H13N5OS. The number of carbonyl (C=O) groups is 1. The van der Waals surface area contributed by atoms with Crippen molar-refractivity contribution < 1.29 is 4.79 Å². The van der Waals surface area contributed by atoms with E-state index in [1.54, 1.807) is 0 Å². The van der Waals surface area contributed by atoms with Gasteiger partial charge in [-0.2, -0.15) is 4.98 Å². The number of nitrogens with one attached hydrogen (secondary N) is 2. The van der Waals surface area contributed by atoms with Gasteiger partial charge in [-0.3, -0.25) is 4.79 Å². The predicted octanol–water partition coefficient (Wildman–Crippen LogP) is 2.27. The highest BCUT2D eigenvalue weighted by atomic mass is 32.2. The molecule has 0 bridgehead atoms. The number of H-pyrrole nitrogens is 1. The van der Waals surface area contributed by atoms with E-state index in [2.05, 4.69) is 20.5 Å². The molecule has 0 unspecified atom stereocenters. The van der Waals surface area contributed by atoms with Crippen molar-refractivity contribution in [3.05, 3.63) is 42.5 Å². The smallest absolute Gasteiger partial charge is 0.234 e. The Morgan fingerprint density at radius 3 is 2.81 bits per heavy atom. The second-order valence-electron chi connectivity index (χ2n) is 4.40. The summed E-state index contributed by atoms with van der Waals surface area (Å²) in [6, 6.07) is 13.8. The summed E-state index contributed by atoms with van der Waals surface area (Å²) < 4.78 is 0. The molecule has 0 aliphatic heterocycles. The standard InChI is InChI=1S/C14H13N5OS/c15-13-17-14(19-18-13)21-8-12(20)16-11-6-5-9-3-1-2-4-10(9)7-11/h1-7H,8H2,(H,16,20)(H3,15,17,18,19). The molecule has 0 saturated heterocycles. The first kappa shape index (κ1) is 13.4. The van der Waals surface area contributed by atoms with Crippen LogP contribution in [0.2, 0.25) is 0 Å². The first-order valence-corrected chi connectivity index (χ1v) is 7.28. The quantitative estimate of drug-likeness (QED) is 0.642. The summed E-state index contributed by atoms with van der Waals surface area (Å²) in [6.45, 7) is 0. The maximum atomic E-state index is 11.9. The van der Waals surface area contributed by atoms with Crippen molar-refractivity contribution in [2.45, 2.75) is 5.16 Å². The number of amides is 1. The molecule has 0 atom stereocenters. The highest BCUT2D eigenvalue weighted by Crippen LogP contribution is 2.19. The van der Waals surface area contributed by atoms with Gasteiger partial charge in [-0.25, -0.2) is 5.10 Å². The molecule has 4 N–H and O–H groups in total. The molecule has 3 aromatic rings. The topological polar surface area (TPSA) is 96.7 Å². The molecule has 21 heavy (non-hydrogen) atoms. The number of thioether (sulfide) groups is 1. The van der Waals surface area contributed by atoms with Crippen LogP contribution in [0.1, 0.15) is 0 Å². The van der Waals surface area contributed by atoms with Gasteiger partial charge in [0.05, 0.1) is 5.75 Å². The maximum Gasteiger partial charge on any atom is 0.234 e. The van der Waals surface area contributed by atoms with Crippen LogP contribution < -0.4 is 11.1 Å². The van der Waals surface area contributed by atoms with Crippen LogP contribution in [0.4, 0.5) is 11.6 Å². The Bertz CT molecular complexity index is 786. The SMILES string of the molecule is Nc1nc(SCC(=O)Nc2ccc3ccccc3c2)n[nH]1. The molecule has 1 aromatic heterocycles. The summed E-state index contributed by atoms with van der Waals surface area (Å²) in [4.78, 5) is 15.8. The van der Waals surface area contributed by atoms with Gasteiger partial charge in [0, 0.05) is 5.69 Å². The Balaban J connectivity index is 1.63. The van der Waals surface area contributed by atoms with E-state index in [9.17, 15) is 4.79 Å². The molecule has 1 heterocycles. The molecule has 3 rings (SSSR count). The lowest BCUT2D eigenvalue weighted by molar-refractivity contribution is -0.113. The van der Waals surface area contributed by atoms with Gasteiger partial charge in [-0.05, 0) is 22.9 Å². The Labute approximate surface area is 125 Å². The number of nitrogens with two attached hydrogens (primary N) is 1. The molecule has 0 saturated carbocycles. The molecule has 0 aliphatic carbocycles. The van der Waals surface area contributed by atoms with Gasteiger partial charge < -0.3 is 11.1 Å². The lowest BCUT2D eigenvalue weighted by Crippen LogP contribution is -2.14. The van der Waals surface area contributed by atoms with Crippen molar-refractivity contribution in [3.63, 3.8) is 0 Å². The summed E-state index contributed by atoms with van der Waals surface area (Å²) >= 11 is 1.23. The van der Waals surface area contributed by atoms with Crippen molar-refractivity contribution >= 4 is 40.1 Å². The lowest BCUT2D eigenvalue weighted by atomic mass is 10.1. The minimum absolute atomic E-state index is 0.112. The summed E-state index contributed by atoms with van der Waals surface area (Å²) in [7, 11) is 0. The number of nitrogens with zero attached hydrogens (tertiary/aromatic N) is 2. The van der Waals surface area contributed by atoms with E-state index < -0.39 is 0 Å². The minimum Gasteiger partial charge on any atom is -0.368 e. The molecular weight excluding hydrogens is 286 g/mol. The van der Waals surface area contributed by atoms with Crippen LogP contribution >= 0.6 is 11.8 Å². The van der Waals surface area contributed by atoms with Crippen LogP contribution in [0.25, 0.3) is 10.8 Å². The molecule has 106 valence electrons. The van der Waals surface area contributed by atoms with E-state index >= 15 is 0 Å². The highest BCUT2D eigenvalue weighted by molar-refractivity contribution is 7.99. The average molecular weight is 299 g/mol. The van der Waals surface area contributed by atoms with Gasteiger partial charge >= 0.3 is 0 Å². The fourth-order valence-corrected chi connectivity index (χ4v) is 2.52. The highest BCUT2D eigenvalue weighted by Gasteiger charge is 2.07. The van der Waals surface area contributed by atoms with Crippen molar-refractivity contribution in [2.24, 2.45) is 0 Å². The van der Waals surface area contributed by atoms with Crippen LogP contribution in [0, 0.1) is 0 Å². The lowest BCUT2D eigenvalue weighted by Gasteiger charge is -2.05. The van der Waals surface area contributed by atoms with Gasteiger partial charge in [0.25, 0.3) is 0 Å². The Morgan fingerprint density at radius 1 is 1.24 bits per heavy atom. The molecule has 0 aliphatic rings. The molecule has 6 nitrogen and oxygen atoms in total. The molecule has 7 heteroatoms. The van der Waals surface area contributed by atoms with Crippen molar-refractivity contribution in [3.8, 4) is 0 Å². The number of hydrogen-bond acceptors (Lipinski definition) is 5. The number of nitrogen functional groups attached to an aromatic ring is 1. The first-order valence-electron chi connectivity index (χ1n) is 6.30. The number of hydrogen-bond donors (Lipinski definition) is 3. The largest absolute Gasteiger partial charge is 0.368 e. The predicted molar refractivity (Wildman–Crippen MR) is 84.1 cm³/mol. The Hall–Kier alpha value is -2.54. The van der Waals surface area contributed by atoms with Crippen molar-refractivity contribution in [1.82, 2.24) is 15.2 Å². The van der Waals surface area contributed by atoms with E-state index in [1.807, 2.05) is 42.5 Å². The summed E-state index contributed by atoms with van der Waals surface area (Å²) in [6.07, 6.45) is 0. The van der Waals surface area contributed by atoms with E-state index in [0.29, 0.717) is 5.16 Å². The monoisotopic (exact) mass is 299 g/mol. The zero-order chi connectivity index (χ0) is 14.7. The molecule has 1 amide bonds. The number of rotatable bonds is 4. The van der Waals surface area contributed by atoms with E-state index in [1.165, 1.54) is 11.8 Å². The number of anilines is 2. The van der Waals surface area contributed by atoms with Crippen LogP contribution in [0.15, 0.2) is 47.6 Å². The Morgan fingerprint density at radius 2 is 2.05 bits per heavy atom. The fourth-order valence-electron chi connectivity index (χ4n) is 1.92. The third-order valence-electron chi connectivity index (χ3n) is 2.85. The van der Waals surface area contributed by atoms with Crippen molar-refractivity contribution in [2.75, 3.05) is 16.8 Å². The van der Waals surface area contributed by atoms with E-state index in [4.69, 9.17) is 5.73 Å². The second kappa shape index (κ2) is 5.84. The van der Waals surface area contributed by atoms with Gasteiger partial charge in [0.15, 0.2) is 0 Å². The van der Waals surface area contributed by atoms with Gasteiger partial charge in [0.2, 0.25) is 17.0 Å². The van der Waals surface area contributed by atoms with E-state index in [-0.39, 0.29) is 17.6 Å². The molecule has 0 radical (unpaired) electrons. The van der Waals surface area contributed by atoms with Gasteiger partial charge in [0.1, 0.15) is 0 Å². The van der Waals surface area contributed by atoms with Crippen LogP contribution in [-0.2, 0) is 4.79 Å². The zero-order valence-corrected chi connectivity index (χ0v) is 11.9. The van der Waals surface area contributed by atoms with Gasteiger partial charge in [-0.1, -0.05) is 42.1 Å². The third kappa shape index (κ3) is 3.32. The maximum absolute atomic E-state index is 11.9. The summed E-state index contributed by atoms with van der Waals surface area (Å²) in [5, 5.41) is 11.9. The van der Waals surface area contributed by atoms with Gasteiger partial charge in [-0.15, -0.1) is 5.10 Å². The summed E-state index contributed by atoms with van der Waals surface area (Å²) in [5.74, 6) is 0.357. The number of fused-ring (bicyclic) bond motifs is 1. The molecule has 0 spiro atoms. The minimum atomic E-state index is -0.112. The first-order chi connectivity index (χ1) is 10.2. The van der Waals surface area contributed by atoms with E-state index in [0.717, 1.165) is 16.5 Å². The number of carbonyl (C=O) groups excluding carboxylic acids is 1. The molecule has 2 aromatic carbocycles. The average Bonchev–Trinajstić information content (AvgIpc) is 2.91. The zero-order valence-electron chi connectivity index (χ0n) is 11.0. The normalized spacial score (nSPS) is 10.7. The number of aromatic nitrogens is 3. The van der Waals surface area contributed by atoms with Crippen LogP contribution in [-0.4, -0.2) is 26.8 Å².